The van der Waals surface area contributed by atoms with E-state index in [9.17, 15) is 9.59 Å². The largest absolute Gasteiger partial charge is 0.455 e. The van der Waals surface area contributed by atoms with Crippen LogP contribution in [0.3, 0.4) is 0 Å². The van der Waals surface area contributed by atoms with Gasteiger partial charge in [-0.2, -0.15) is 0 Å². The van der Waals surface area contributed by atoms with E-state index in [0.29, 0.717) is 5.92 Å². The lowest BCUT2D eigenvalue weighted by Gasteiger charge is -2.31. The van der Waals surface area contributed by atoms with Crippen molar-refractivity contribution in [2.45, 2.75) is 46.6 Å². The lowest BCUT2D eigenvalue weighted by molar-refractivity contribution is -0.146. The highest BCUT2D eigenvalue weighted by atomic mass is 32.2. The van der Waals surface area contributed by atoms with Gasteiger partial charge in [0.25, 0.3) is 5.91 Å². The monoisotopic (exact) mass is 360 g/mol. The number of nitrogens with one attached hydrogen (secondary N) is 1. The van der Waals surface area contributed by atoms with Gasteiger partial charge in [-0.25, -0.2) is 0 Å². The molecular weight excluding hydrogens is 332 g/mol. The number of likely N-dealkylation sites (tertiary alicyclic amines) is 1. The fraction of sp³-hybridized carbons (Fsp3) is 0.812. The van der Waals surface area contributed by atoms with Crippen LogP contribution in [-0.2, 0) is 14.3 Å². The Balaban J connectivity index is 2.19. The van der Waals surface area contributed by atoms with E-state index >= 15 is 0 Å². The molecule has 1 aliphatic rings. The molecule has 5 nitrogen and oxygen atoms in total. The van der Waals surface area contributed by atoms with Crippen molar-refractivity contribution in [1.29, 1.82) is 0 Å². The fourth-order valence-corrected chi connectivity index (χ4v) is 3.10. The van der Waals surface area contributed by atoms with E-state index in [4.69, 9.17) is 17.0 Å². The number of ether oxygens (including phenoxy) is 1. The van der Waals surface area contributed by atoms with Gasteiger partial charge >= 0.3 is 5.97 Å². The molecule has 1 amide bonds. The van der Waals surface area contributed by atoms with Crippen LogP contribution in [0.25, 0.3) is 0 Å². The van der Waals surface area contributed by atoms with Crippen molar-refractivity contribution in [2.75, 3.05) is 25.4 Å². The molecule has 0 aromatic carbocycles. The SMILES string of the molecule is CC1CCN(C(=S)SCC(=O)OCC(=O)NC(C)C(C)C)CC1. The zero-order valence-electron chi connectivity index (χ0n) is 14.5. The molecule has 0 aliphatic carbocycles. The summed E-state index contributed by atoms with van der Waals surface area (Å²) in [7, 11) is 0. The van der Waals surface area contributed by atoms with E-state index in [0.717, 1.165) is 36.2 Å². The minimum absolute atomic E-state index is 0.0599. The smallest absolute Gasteiger partial charge is 0.316 e. The Hall–Kier alpha value is -0.820. The molecular formula is C16H28N2O3S2. The number of rotatable bonds is 6. The van der Waals surface area contributed by atoms with Gasteiger partial charge in [0, 0.05) is 19.1 Å². The summed E-state index contributed by atoms with van der Waals surface area (Å²) < 4.78 is 5.73. The molecule has 0 aromatic rings. The van der Waals surface area contributed by atoms with Crippen molar-refractivity contribution in [2.24, 2.45) is 11.8 Å². The molecule has 0 saturated carbocycles. The third-order valence-corrected chi connectivity index (χ3v) is 5.61. The van der Waals surface area contributed by atoms with Gasteiger partial charge in [0.1, 0.15) is 4.32 Å². The number of thiocarbonyl (C=S) groups is 1. The van der Waals surface area contributed by atoms with Crippen LogP contribution in [0.5, 0.6) is 0 Å². The molecule has 1 heterocycles. The Labute approximate surface area is 148 Å². The van der Waals surface area contributed by atoms with Crippen molar-refractivity contribution in [3.8, 4) is 0 Å². The van der Waals surface area contributed by atoms with E-state index < -0.39 is 5.97 Å². The first-order valence-corrected chi connectivity index (χ1v) is 9.55. The molecule has 1 N–H and O–H groups in total. The number of hydrogen-bond donors (Lipinski definition) is 1. The lowest BCUT2D eigenvalue weighted by Crippen LogP contribution is -2.39. The van der Waals surface area contributed by atoms with Gasteiger partial charge in [0.15, 0.2) is 6.61 Å². The highest BCUT2D eigenvalue weighted by molar-refractivity contribution is 8.23. The Morgan fingerprint density at radius 2 is 1.91 bits per heavy atom. The third kappa shape index (κ3) is 8.01. The number of carbonyl (C=O) groups is 2. The zero-order chi connectivity index (χ0) is 17.4. The average Bonchev–Trinajstić information content (AvgIpc) is 2.51. The van der Waals surface area contributed by atoms with Crippen molar-refractivity contribution in [3.63, 3.8) is 0 Å². The predicted molar refractivity (Wildman–Crippen MR) is 98.4 cm³/mol. The summed E-state index contributed by atoms with van der Waals surface area (Å²) in [6, 6.07) is 0.0599. The molecule has 1 unspecified atom stereocenters. The average molecular weight is 361 g/mol. The first kappa shape index (κ1) is 20.2. The van der Waals surface area contributed by atoms with Crippen LogP contribution >= 0.6 is 24.0 Å². The minimum Gasteiger partial charge on any atom is -0.455 e. The van der Waals surface area contributed by atoms with Crippen LogP contribution < -0.4 is 5.32 Å². The molecule has 1 saturated heterocycles. The topological polar surface area (TPSA) is 58.6 Å². The summed E-state index contributed by atoms with van der Waals surface area (Å²) in [6.07, 6.45) is 2.28. The number of hydrogen-bond acceptors (Lipinski definition) is 5. The van der Waals surface area contributed by atoms with Crippen molar-refractivity contribution in [1.82, 2.24) is 10.2 Å². The van der Waals surface area contributed by atoms with Gasteiger partial charge in [-0.05, 0) is 31.6 Å². The maximum atomic E-state index is 11.7. The molecule has 23 heavy (non-hydrogen) atoms. The molecule has 1 fully saturated rings. The number of thioether (sulfide) groups is 1. The van der Waals surface area contributed by atoms with Crippen LogP contribution in [0.15, 0.2) is 0 Å². The van der Waals surface area contributed by atoms with E-state index in [1.807, 2.05) is 20.8 Å². The number of carbonyl (C=O) groups excluding carboxylic acids is 2. The molecule has 7 heteroatoms. The fourth-order valence-electron chi connectivity index (χ4n) is 2.05. The maximum Gasteiger partial charge on any atom is 0.316 e. The molecule has 0 spiro atoms. The Morgan fingerprint density at radius 3 is 2.48 bits per heavy atom. The molecule has 1 atom stereocenters. The summed E-state index contributed by atoms with van der Waals surface area (Å²) in [4.78, 5) is 25.5. The van der Waals surface area contributed by atoms with Crippen LogP contribution in [0.2, 0.25) is 0 Å². The van der Waals surface area contributed by atoms with Crippen LogP contribution in [0.1, 0.15) is 40.5 Å². The predicted octanol–water partition coefficient (Wildman–Crippen LogP) is 2.44. The Bertz CT molecular complexity index is 422. The third-order valence-electron chi connectivity index (χ3n) is 4.11. The van der Waals surface area contributed by atoms with Crippen LogP contribution in [0.4, 0.5) is 0 Å². The quantitative estimate of drug-likeness (QED) is 0.580. The zero-order valence-corrected chi connectivity index (χ0v) is 16.1. The van der Waals surface area contributed by atoms with Gasteiger partial charge < -0.3 is 15.0 Å². The number of nitrogens with zero attached hydrogens (tertiary/aromatic N) is 1. The standard InChI is InChI=1S/C16H28N2O3S2/c1-11(2)13(4)17-14(19)9-21-15(20)10-23-16(22)18-7-5-12(3)6-8-18/h11-13H,5-10H2,1-4H3,(H,17,19). The van der Waals surface area contributed by atoms with Crippen molar-refractivity contribution in [3.05, 3.63) is 0 Å². The van der Waals surface area contributed by atoms with Gasteiger partial charge in [0.2, 0.25) is 0 Å². The highest BCUT2D eigenvalue weighted by Gasteiger charge is 2.19. The van der Waals surface area contributed by atoms with E-state index in [2.05, 4.69) is 17.1 Å². The van der Waals surface area contributed by atoms with Crippen molar-refractivity contribution >= 4 is 40.2 Å². The second kappa shape index (κ2) is 10.1. The highest BCUT2D eigenvalue weighted by Crippen LogP contribution is 2.20. The van der Waals surface area contributed by atoms with Gasteiger partial charge in [-0.15, -0.1) is 0 Å². The molecule has 0 radical (unpaired) electrons. The number of piperidine rings is 1. The molecule has 132 valence electrons. The summed E-state index contributed by atoms with van der Waals surface area (Å²) >= 11 is 6.67. The molecule has 1 aliphatic heterocycles. The van der Waals surface area contributed by atoms with Gasteiger partial charge in [0.05, 0.1) is 5.75 Å². The molecule has 0 bridgehead atoms. The lowest BCUT2D eigenvalue weighted by atomic mass is 10.00. The molecule has 0 aromatic heterocycles. The second-order valence-electron chi connectivity index (χ2n) is 6.49. The van der Waals surface area contributed by atoms with E-state index in [-0.39, 0.29) is 24.3 Å². The normalized spacial score (nSPS) is 17.0. The van der Waals surface area contributed by atoms with Crippen LogP contribution in [-0.4, -0.2) is 52.6 Å². The van der Waals surface area contributed by atoms with Crippen molar-refractivity contribution < 1.29 is 14.3 Å². The maximum absolute atomic E-state index is 11.7. The number of amides is 1. The van der Waals surface area contributed by atoms with E-state index in [1.165, 1.54) is 11.8 Å². The van der Waals surface area contributed by atoms with Gasteiger partial charge in [-0.1, -0.05) is 44.8 Å². The number of esters is 1. The summed E-state index contributed by atoms with van der Waals surface area (Å²) in [5.74, 6) is 0.565. The molecule has 1 rings (SSSR count). The Kier molecular flexibility index (Phi) is 8.91. The first-order chi connectivity index (χ1) is 10.8. The first-order valence-electron chi connectivity index (χ1n) is 8.16. The van der Waals surface area contributed by atoms with Gasteiger partial charge in [-0.3, -0.25) is 9.59 Å². The Morgan fingerprint density at radius 1 is 1.30 bits per heavy atom. The minimum atomic E-state index is -0.407. The summed E-state index contributed by atoms with van der Waals surface area (Å²) in [6.45, 7) is 9.90. The van der Waals surface area contributed by atoms with Crippen LogP contribution in [0, 0.1) is 11.8 Å². The van der Waals surface area contributed by atoms with E-state index in [1.54, 1.807) is 0 Å². The summed E-state index contributed by atoms with van der Waals surface area (Å²) in [5, 5.41) is 2.80. The summed E-state index contributed by atoms with van der Waals surface area (Å²) in [5.41, 5.74) is 0. The second-order valence-corrected chi connectivity index (χ2v) is 8.09.